The molecule has 0 atom stereocenters. The van der Waals surface area contributed by atoms with Crippen LogP contribution in [-0.2, 0) is 0 Å². The summed E-state index contributed by atoms with van der Waals surface area (Å²) < 4.78 is 14.0. The molecule has 1 aliphatic heterocycles. The van der Waals surface area contributed by atoms with Crippen molar-refractivity contribution in [1.82, 2.24) is 9.88 Å². The molecule has 2 aliphatic rings. The average Bonchev–Trinajstić information content (AvgIpc) is 3.50. The van der Waals surface area contributed by atoms with E-state index < -0.39 is 0 Å². The fourth-order valence-corrected chi connectivity index (χ4v) is 4.76. The molecule has 0 bridgehead atoms. The van der Waals surface area contributed by atoms with Gasteiger partial charge in [0.15, 0.2) is 0 Å². The maximum absolute atomic E-state index is 14.0. The normalized spacial score (nSPS) is 16.9. The summed E-state index contributed by atoms with van der Waals surface area (Å²) in [6, 6.07) is 14.5. The number of para-hydroxylation sites is 1. The molecule has 2 fully saturated rings. The van der Waals surface area contributed by atoms with Gasteiger partial charge in [0.25, 0.3) is 5.91 Å². The first-order chi connectivity index (χ1) is 14.2. The molecule has 0 radical (unpaired) electrons. The van der Waals surface area contributed by atoms with Crippen LogP contribution in [0.25, 0.3) is 11.3 Å². The molecule has 4 nitrogen and oxygen atoms in total. The largest absolute Gasteiger partial charge is 0.366 e. The summed E-state index contributed by atoms with van der Waals surface area (Å²) in [5.41, 5.74) is 3.34. The lowest BCUT2D eigenvalue weighted by atomic mass is 10.1. The summed E-state index contributed by atoms with van der Waals surface area (Å²) in [6.07, 6.45) is 2.51. The Labute approximate surface area is 173 Å². The van der Waals surface area contributed by atoms with Crippen molar-refractivity contribution in [3.63, 3.8) is 0 Å². The first-order valence-corrected chi connectivity index (χ1v) is 10.9. The summed E-state index contributed by atoms with van der Waals surface area (Å²) in [5, 5.41) is 3.33. The van der Waals surface area contributed by atoms with Gasteiger partial charge >= 0.3 is 0 Å². The van der Waals surface area contributed by atoms with Crippen molar-refractivity contribution in [1.29, 1.82) is 0 Å². The van der Waals surface area contributed by atoms with Crippen LogP contribution in [0.2, 0.25) is 0 Å². The number of aromatic nitrogens is 1. The summed E-state index contributed by atoms with van der Waals surface area (Å²) in [7, 11) is 0. The quantitative estimate of drug-likeness (QED) is 0.624. The van der Waals surface area contributed by atoms with Crippen molar-refractivity contribution >= 4 is 22.9 Å². The van der Waals surface area contributed by atoms with Crippen molar-refractivity contribution in [2.45, 2.75) is 18.8 Å². The number of hydrogen-bond donors (Lipinski definition) is 0. The standard InChI is InChI=1S/C23H22FN3OS/c24-19-3-1-2-4-21(19)26-11-13-27(14-12-26)23(28)18-9-5-16(6-10-18)20-15-29-22(25-20)17-7-8-17/h1-6,9-10,15,17H,7-8,11-14H2. The molecule has 1 saturated heterocycles. The van der Waals surface area contributed by atoms with Crippen LogP contribution in [0.5, 0.6) is 0 Å². The summed E-state index contributed by atoms with van der Waals surface area (Å²) in [6.45, 7) is 2.44. The summed E-state index contributed by atoms with van der Waals surface area (Å²) in [4.78, 5) is 21.5. The Morgan fingerprint density at radius 3 is 2.41 bits per heavy atom. The molecular formula is C23H22FN3OS. The number of carbonyl (C=O) groups is 1. The Morgan fingerprint density at radius 1 is 1.00 bits per heavy atom. The number of rotatable bonds is 4. The molecule has 0 spiro atoms. The highest BCUT2D eigenvalue weighted by atomic mass is 32.1. The van der Waals surface area contributed by atoms with Crippen molar-refractivity contribution < 1.29 is 9.18 Å². The third-order valence-corrected chi connectivity index (χ3v) is 6.64. The molecule has 0 unspecified atom stereocenters. The van der Waals surface area contributed by atoms with Gasteiger partial charge in [-0.3, -0.25) is 4.79 Å². The van der Waals surface area contributed by atoms with Crippen LogP contribution < -0.4 is 4.90 Å². The van der Waals surface area contributed by atoms with Crippen LogP contribution in [0.1, 0.15) is 34.1 Å². The van der Waals surface area contributed by atoms with Crippen LogP contribution in [0.3, 0.4) is 0 Å². The minimum absolute atomic E-state index is 0.0293. The van der Waals surface area contributed by atoms with E-state index in [9.17, 15) is 9.18 Å². The number of thiazole rings is 1. The smallest absolute Gasteiger partial charge is 0.253 e. The third-order valence-electron chi connectivity index (χ3n) is 5.64. The average molecular weight is 408 g/mol. The van der Waals surface area contributed by atoms with Crippen LogP contribution >= 0.6 is 11.3 Å². The number of piperazine rings is 1. The van der Waals surface area contributed by atoms with E-state index in [0.717, 1.165) is 11.3 Å². The van der Waals surface area contributed by atoms with Gasteiger partial charge in [-0.2, -0.15) is 0 Å². The number of carbonyl (C=O) groups excluding carboxylic acids is 1. The predicted molar refractivity (Wildman–Crippen MR) is 114 cm³/mol. The Balaban J connectivity index is 1.23. The van der Waals surface area contributed by atoms with Crippen LogP contribution in [0.15, 0.2) is 53.9 Å². The molecule has 0 N–H and O–H groups in total. The molecular weight excluding hydrogens is 385 g/mol. The van der Waals surface area contributed by atoms with E-state index >= 15 is 0 Å². The Hall–Kier alpha value is -2.73. The number of hydrogen-bond acceptors (Lipinski definition) is 4. The van der Waals surface area contributed by atoms with Crippen molar-refractivity contribution in [3.8, 4) is 11.3 Å². The van der Waals surface area contributed by atoms with E-state index in [-0.39, 0.29) is 11.7 Å². The molecule has 148 valence electrons. The van der Waals surface area contributed by atoms with E-state index in [4.69, 9.17) is 4.98 Å². The zero-order valence-corrected chi connectivity index (χ0v) is 16.9. The fraction of sp³-hybridized carbons (Fsp3) is 0.304. The maximum Gasteiger partial charge on any atom is 0.253 e. The van der Waals surface area contributed by atoms with E-state index in [1.54, 1.807) is 23.5 Å². The molecule has 5 rings (SSSR count). The molecule has 1 saturated carbocycles. The Kier molecular flexibility index (Phi) is 4.79. The van der Waals surface area contributed by atoms with Crippen LogP contribution in [0.4, 0.5) is 10.1 Å². The SMILES string of the molecule is O=C(c1ccc(-c2csc(C3CC3)n2)cc1)N1CCN(c2ccccc2F)CC1. The first kappa shape index (κ1) is 18.3. The molecule has 1 aromatic heterocycles. The topological polar surface area (TPSA) is 36.4 Å². The number of halogens is 1. The lowest BCUT2D eigenvalue weighted by Gasteiger charge is -2.36. The minimum atomic E-state index is -0.213. The highest BCUT2D eigenvalue weighted by molar-refractivity contribution is 7.10. The van der Waals surface area contributed by atoms with Crippen molar-refractivity contribution in [2.24, 2.45) is 0 Å². The maximum atomic E-state index is 14.0. The van der Waals surface area contributed by atoms with E-state index in [1.807, 2.05) is 40.1 Å². The zero-order chi connectivity index (χ0) is 19.8. The van der Waals surface area contributed by atoms with Gasteiger partial charge in [-0.25, -0.2) is 9.37 Å². The molecule has 2 aromatic carbocycles. The zero-order valence-electron chi connectivity index (χ0n) is 16.1. The summed E-state index contributed by atoms with van der Waals surface area (Å²) >= 11 is 1.73. The number of anilines is 1. The number of benzene rings is 2. The van der Waals surface area contributed by atoms with Crippen LogP contribution in [0, 0.1) is 5.82 Å². The van der Waals surface area contributed by atoms with Gasteiger partial charge in [0.1, 0.15) is 5.82 Å². The summed E-state index contributed by atoms with van der Waals surface area (Å²) in [5.74, 6) is 0.481. The van der Waals surface area contributed by atoms with E-state index in [2.05, 4.69) is 5.38 Å². The third kappa shape index (κ3) is 3.77. The lowest BCUT2D eigenvalue weighted by Crippen LogP contribution is -2.49. The fourth-order valence-electron chi connectivity index (χ4n) is 3.76. The van der Waals surface area contributed by atoms with E-state index in [0.29, 0.717) is 43.3 Å². The van der Waals surface area contributed by atoms with Gasteiger partial charge < -0.3 is 9.80 Å². The number of nitrogens with zero attached hydrogens (tertiary/aromatic N) is 3. The minimum Gasteiger partial charge on any atom is -0.366 e. The monoisotopic (exact) mass is 407 g/mol. The van der Waals surface area contributed by atoms with Gasteiger partial charge in [0, 0.05) is 48.6 Å². The van der Waals surface area contributed by atoms with Gasteiger partial charge in [-0.05, 0) is 37.1 Å². The van der Waals surface area contributed by atoms with Gasteiger partial charge in [0.05, 0.1) is 16.4 Å². The van der Waals surface area contributed by atoms with Gasteiger partial charge in [0.2, 0.25) is 0 Å². The molecule has 6 heteroatoms. The second-order valence-electron chi connectivity index (χ2n) is 7.65. The van der Waals surface area contributed by atoms with E-state index in [1.165, 1.54) is 23.9 Å². The van der Waals surface area contributed by atoms with Crippen molar-refractivity contribution in [2.75, 3.05) is 31.1 Å². The number of amides is 1. The molecule has 3 aromatic rings. The molecule has 2 heterocycles. The first-order valence-electron chi connectivity index (χ1n) is 10.0. The van der Waals surface area contributed by atoms with Gasteiger partial charge in [-0.1, -0.05) is 24.3 Å². The van der Waals surface area contributed by atoms with Gasteiger partial charge in [-0.15, -0.1) is 11.3 Å². The lowest BCUT2D eigenvalue weighted by molar-refractivity contribution is 0.0746. The highest BCUT2D eigenvalue weighted by Gasteiger charge is 2.27. The van der Waals surface area contributed by atoms with Crippen molar-refractivity contribution in [3.05, 3.63) is 70.3 Å². The molecule has 29 heavy (non-hydrogen) atoms. The second-order valence-corrected chi connectivity index (χ2v) is 8.54. The highest BCUT2D eigenvalue weighted by Crippen LogP contribution is 2.42. The molecule has 1 amide bonds. The predicted octanol–water partition coefficient (Wildman–Crippen LogP) is 4.79. The van der Waals surface area contributed by atoms with Crippen LogP contribution in [-0.4, -0.2) is 42.0 Å². The Morgan fingerprint density at radius 2 is 1.72 bits per heavy atom. The second kappa shape index (κ2) is 7.59. The Bertz CT molecular complexity index is 1020. The molecule has 1 aliphatic carbocycles.